The molecule has 0 saturated carbocycles. The molecule has 1 aliphatic heterocycles. The van der Waals surface area contributed by atoms with Gasteiger partial charge >= 0.3 is 5.69 Å². The second-order valence-electron chi connectivity index (χ2n) is 5.98. The van der Waals surface area contributed by atoms with E-state index in [2.05, 4.69) is 4.98 Å². The van der Waals surface area contributed by atoms with E-state index in [4.69, 9.17) is 14.9 Å². The number of aliphatic hydroxyl groups is 2. The molecule has 1 aromatic rings. The van der Waals surface area contributed by atoms with Crippen molar-refractivity contribution in [3.63, 3.8) is 0 Å². The van der Waals surface area contributed by atoms with E-state index in [1.165, 1.54) is 16.8 Å². The molecule has 0 aliphatic carbocycles. The first-order valence-electron chi connectivity index (χ1n) is 7.26. The van der Waals surface area contributed by atoms with Crippen LogP contribution in [-0.4, -0.2) is 53.0 Å². The molecule has 9 heteroatoms. The Balaban J connectivity index is 2.36. The molecule has 1 fully saturated rings. The zero-order chi connectivity index (χ0) is 16.5. The summed E-state index contributed by atoms with van der Waals surface area (Å²) < 4.78 is 12.9. The molecule has 4 atom stereocenters. The molecule has 4 N–H and O–H groups in total. The Morgan fingerprint density at radius 1 is 1.55 bits per heavy atom. The van der Waals surface area contributed by atoms with Gasteiger partial charge in [-0.15, -0.1) is 0 Å². The third-order valence-electron chi connectivity index (χ3n) is 3.92. The van der Waals surface area contributed by atoms with Crippen LogP contribution in [0.25, 0.3) is 0 Å². The molecule has 124 valence electrons. The summed E-state index contributed by atoms with van der Waals surface area (Å²) in [6.45, 7) is 5.70. The van der Waals surface area contributed by atoms with Crippen molar-refractivity contribution in [2.45, 2.75) is 50.6 Å². The molecule has 4 unspecified atom stereocenters. The van der Waals surface area contributed by atoms with Crippen molar-refractivity contribution in [1.82, 2.24) is 9.55 Å². The van der Waals surface area contributed by atoms with E-state index in [1.54, 1.807) is 0 Å². The summed E-state index contributed by atoms with van der Waals surface area (Å²) in [5.41, 5.74) is 4.90. The van der Waals surface area contributed by atoms with Crippen LogP contribution in [0.2, 0.25) is 19.1 Å². The van der Waals surface area contributed by atoms with E-state index in [0.717, 1.165) is 6.04 Å². The first kappa shape index (κ1) is 17.1. The quantitative estimate of drug-likeness (QED) is 0.634. The lowest BCUT2D eigenvalue weighted by atomic mass is 10.1. The van der Waals surface area contributed by atoms with Gasteiger partial charge in [0.05, 0.1) is 6.61 Å². The number of rotatable bonds is 5. The largest absolute Gasteiger partial charge is 0.407 e. The van der Waals surface area contributed by atoms with Gasteiger partial charge in [-0.1, -0.05) is 6.92 Å². The first-order chi connectivity index (χ1) is 10.3. The molecule has 0 amide bonds. The van der Waals surface area contributed by atoms with E-state index in [0.29, 0.717) is 0 Å². The number of nitrogen functional groups attached to an aromatic ring is 1. The minimum absolute atomic E-state index is 0.110. The number of ether oxygens (including phenoxy) is 1. The lowest BCUT2D eigenvalue weighted by Crippen LogP contribution is -2.45. The number of nitrogens with two attached hydrogens (primary N) is 1. The van der Waals surface area contributed by atoms with Gasteiger partial charge in [0, 0.05) is 6.20 Å². The standard InChI is InChI=1S/C13H23N3O5Si/c1-4-22(2,3)21-11-10(18)8(7-17)20-12(11)16-6-5-9(14)15-13(16)19/h5-6,8,10-12,17-18H,4,7H2,1-3H3,(H2,14,15,19). The van der Waals surface area contributed by atoms with Crippen molar-refractivity contribution in [3.8, 4) is 0 Å². The maximum absolute atomic E-state index is 12.0. The predicted octanol–water partition coefficient (Wildman–Crippen LogP) is -0.314. The van der Waals surface area contributed by atoms with Crippen molar-refractivity contribution in [3.05, 3.63) is 22.7 Å². The molecule has 22 heavy (non-hydrogen) atoms. The van der Waals surface area contributed by atoms with Crippen LogP contribution in [-0.2, 0) is 9.16 Å². The van der Waals surface area contributed by atoms with Crippen LogP contribution in [0.1, 0.15) is 13.2 Å². The number of aliphatic hydroxyl groups excluding tert-OH is 2. The van der Waals surface area contributed by atoms with Gasteiger partial charge in [0.15, 0.2) is 14.5 Å². The molecule has 2 heterocycles. The zero-order valence-corrected chi connectivity index (χ0v) is 14.0. The fraction of sp³-hybridized carbons (Fsp3) is 0.692. The van der Waals surface area contributed by atoms with Crippen molar-refractivity contribution in [1.29, 1.82) is 0 Å². The summed E-state index contributed by atoms with van der Waals surface area (Å²) in [5.74, 6) is 0.110. The van der Waals surface area contributed by atoms with Gasteiger partial charge in [-0.2, -0.15) is 4.98 Å². The van der Waals surface area contributed by atoms with Gasteiger partial charge in [-0.25, -0.2) is 4.79 Å². The van der Waals surface area contributed by atoms with Crippen LogP contribution < -0.4 is 11.4 Å². The topological polar surface area (TPSA) is 120 Å². The van der Waals surface area contributed by atoms with Crippen molar-refractivity contribution >= 4 is 14.1 Å². The Labute approximate surface area is 129 Å². The van der Waals surface area contributed by atoms with Crippen LogP contribution in [0.5, 0.6) is 0 Å². The second-order valence-corrected chi connectivity index (χ2v) is 10.4. The number of hydrogen-bond acceptors (Lipinski definition) is 7. The molecule has 0 spiro atoms. The SMILES string of the molecule is CC[Si](C)(C)OC1C(O)C(CO)OC1n1ccc(N)nc1=O. The average Bonchev–Trinajstić information content (AvgIpc) is 2.75. The minimum Gasteiger partial charge on any atom is -0.407 e. The molecule has 0 bridgehead atoms. The highest BCUT2D eigenvalue weighted by molar-refractivity contribution is 6.71. The van der Waals surface area contributed by atoms with Gasteiger partial charge < -0.3 is 25.1 Å². The van der Waals surface area contributed by atoms with Crippen LogP contribution in [0.3, 0.4) is 0 Å². The monoisotopic (exact) mass is 329 g/mol. The third-order valence-corrected chi connectivity index (χ3v) is 6.54. The van der Waals surface area contributed by atoms with Gasteiger partial charge in [0.1, 0.15) is 24.1 Å². The van der Waals surface area contributed by atoms with E-state index in [-0.39, 0.29) is 12.4 Å². The maximum atomic E-state index is 12.0. The molecule has 8 nitrogen and oxygen atoms in total. The predicted molar refractivity (Wildman–Crippen MR) is 82.7 cm³/mol. The van der Waals surface area contributed by atoms with Crippen molar-refractivity contribution < 1.29 is 19.4 Å². The lowest BCUT2D eigenvalue weighted by Gasteiger charge is -2.30. The second kappa shape index (κ2) is 6.47. The highest BCUT2D eigenvalue weighted by Gasteiger charge is 2.47. The van der Waals surface area contributed by atoms with Crippen molar-refractivity contribution in [2.24, 2.45) is 0 Å². The number of anilines is 1. The van der Waals surface area contributed by atoms with Gasteiger partial charge in [-0.05, 0) is 25.2 Å². The maximum Gasteiger partial charge on any atom is 0.351 e. The van der Waals surface area contributed by atoms with E-state index in [9.17, 15) is 15.0 Å². The summed E-state index contributed by atoms with van der Waals surface area (Å²) in [7, 11) is -2.01. The highest BCUT2D eigenvalue weighted by atomic mass is 28.4. The van der Waals surface area contributed by atoms with E-state index in [1.807, 2.05) is 20.0 Å². The first-order valence-corrected chi connectivity index (χ1v) is 10.4. The Hall–Kier alpha value is -1.26. The summed E-state index contributed by atoms with van der Waals surface area (Å²) >= 11 is 0. The normalized spacial score (nSPS) is 29.0. The molecule has 1 aromatic heterocycles. The Morgan fingerprint density at radius 3 is 2.77 bits per heavy atom. The molecule has 2 rings (SSSR count). The minimum atomic E-state index is -2.01. The smallest absolute Gasteiger partial charge is 0.351 e. The van der Waals surface area contributed by atoms with Crippen molar-refractivity contribution in [2.75, 3.05) is 12.3 Å². The third kappa shape index (κ3) is 3.38. The fourth-order valence-electron chi connectivity index (χ4n) is 2.29. The number of hydrogen-bond donors (Lipinski definition) is 3. The van der Waals surface area contributed by atoms with Gasteiger partial charge in [0.2, 0.25) is 0 Å². The summed E-state index contributed by atoms with van der Waals surface area (Å²) in [6.07, 6.45) is -1.94. The van der Waals surface area contributed by atoms with E-state index < -0.39 is 38.5 Å². The van der Waals surface area contributed by atoms with Gasteiger partial charge in [0.25, 0.3) is 0 Å². The Bertz CT molecular complexity index is 579. The summed E-state index contributed by atoms with van der Waals surface area (Å²) in [4.78, 5) is 15.7. The summed E-state index contributed by atoms with van der Waals surface area (Å²) in [5, 5.41) is 19.7. The van der Waals surface area contributed by atoms with Crippen LogP contribution >= 0.6 is 0 Å². The molecule has 1 saturated heterocycles. The molecular weight excluding hydrogens is 306 g/mol. The fourth-order valence-corrected chi connectivity index (χ4v) is 3.45. The number of nitrogens with zero attached hydrogens (tertiary/aromatic N) is 2. The van der Waals surface area contributed by atoms with E-state index >= 15 is 0 Å². The van der Waals surface area contributed by atoms with Gasteiger partial charge in [-0.3, -0.25) is 4.57 Å². The lowest BCUT2D eigenvalue weighted by molar-refractivity contribution is -0.0530. The molecule has 0 radical (unpaired) electrons. The molecule has 0 aromatic carbocycles. The Morgan fingerprint density at radius 2 is 2.23 bits per heavy atom. The van der Waals surface area contributed by atoms with Crippen LogP contribution in [0, 0.1) is 0 Å². The number of aromatic nitrogens is 2. The Kier molecular flexibility index (Phi) is 5.02. The van der Waals surface area contributed by atoms with Crippen LogP contribution in [0.15, 0.2) is 17.1 Å². The molecule has 1 aliphatic rings. The molecular formula is C13H23N3O5Si. The van der Waals surface area contributed by atoms with Crippen LogP contribution in [0.4, 0.5) is 5.82 Å². The zero-order valence-electron chi connectivity index (χ0n) is 13.0. The average molecular weight is 329 g/mol. The highest BCUT2D eigenvalue weighted by Crippen LogP contribution is 2.33. The summed E-state index contributed by atoms with van der Waals surface area (Å²) in [6, 6.07) is 2.32.